The molecule has 1 unspecified atom stereocenters. The van der Waals surface area contributed by atoms with E-state index in [1.807, 2.05) is 0 Å². The van der Waals surface area contributed by atoms with Crippen LogP contribution in [0.3, 0.4) is 0 Å². The van der Waals surface area contributed by atoms with Crippen LogP contribution in [-0.4, -0.2) is 35.7 Å². The lowest BCUT2D eigenvalue weighted by atomic mass is 9.93. The number of aliphatic hydroxyl groups is 1. The molecule has 2 rings (SSSR count). The lowest BCUT2D eigenvalue weighted by Crippen LogP contribution is -2.47. The minimum Gasteiger partial charge on any atom is -0.393 e. The van der Waals surface area contributed by atoms with Gasteiger partial charge in [0.2, 0.25) is 0 Å². The summed E-state index contributed by atoms with van der Waals surface area (Å²) in [6.07, 6.45) is 4.50. The minimum atomic E-state index is -0.294. The second kappa shape index (κ2) is 4.06. The van der Waals surface area contributed by atoms with Crippen molar-refractivity contribution in [2.24, 2.45) is 4.99 Å². The molecule has 0 spiro atoms. The Morgan fingerprint density at radius 1 is 1.57 bits per heavy atom. The normalized spacial score (nSPS) is 37.2. The van der Waals surface area contributed by atoms with Gasteiger partial charge in [0.05, 0.1) is 12.3 Å². The first-order valence-electron chi connectivity index (χ1n) is 5.02. The smallest absolute Gasteiger partial charge is 0.264 e. The maximum atomic E-state index is 10.8. The van der Waals surface area contributed by atoms with Crippen LogP contribution in [0.2, 0.25) is 0 Å². The second-order valence-corrected chi connectivity index (χ2v) is 3.87. The Balaban J connectivity index is 1.79. The summed E-state index contributed by atoms with van der Waals surface area (Å²) in [5.74, 6) is -0.154. The summed E-state index contributed by atoms with van der Waals surface area (Å²) < 4.78 is 0. The molecule has 3 N–H and O–H groups in total. The van der Waals surface area contributed by atoms with E-state index in [1.54, 1.807) is 0 Å². The van der Waals surface area contributed by atoms with E-state index in [1.165, 1.54) is 6.21 Å². The zero-order valence-corrected chi connectivity index (χ0v) is 7.94. The summed E-state index contributed by atoms with van der Waals surface area (Å²) in [5.41, 5.74) is 0. The molecule has 2 aliphatic rings. The average Bonchev–Trinajstić information content (AvgIpc) is 2.51. The number of carbonyl (C=O) groups excluding carboxylic acids is 1. The van der Waals surface area contributed by atoms with Crippen LogP contribution in [0.25, 0.3) is 0 Å². The fourth-order valence-corrected chi connectivity index (χ4v) is 1.97. The van der Waals surface area contributed by atoms with E-state index >= 15 is 0 Å². The molecule has 0 aromatic carbocycles. The first-order chi connectivity index (χ1) is 6.74. The molecule has 0 radical (unpaired) electrons. The van der Waals surface area contributed by atoms with Crippen molar-refractivity contribution in [2.45, 2.75) is 44.1 Å². The molecule has 1 fully saturated rings. The Morgan fingerprint density at radius 2 is 2.43 bits per heavy atom. The highest BCUT2D eigenvalue weighted by molar-refractivity contribution is 6.27. The third-order valence-corrected chi connectivity index (χ3v) is 2.66. The highest BCUT2D eigenvalue weighted by Gasteiger charge is 2.24. The molecule has 0 aromatic rings. The molecule has 1 aliphatic heterocycles. The number of aliphatic hydroxyl groups excluding tert-OH is 1. The Morgan fingerprint density at radius 3 is 3.07 bits per heavy atom. The van der Waals surface area contributed by atoms with E-state index in [0.29, 0.717) is 0 Å². The topological polar surface area (TPSA) is 73.7 Å². The van der Waals surface area contributed by atoms with Crippen LogP contribution in [-0.2, 0) is 4.79 Å². The van der Waals surface area contributed by atoms with Crippen molar-refractivity contribution in [2.75, 3.05) is 0 Å². The Bertz CT molecular complexity index is 254. The first-order valence-corrected chi connectivity index (χ1v) is 5.02. The van der Waals surface area contributed by atoms with Crippen molar-refractivity contribution in [3.8, 4) is 0 Å². The molecule has 0 bridgehead atoms. The number of amides is 1. The molecule has 1 aliphatic carbocycles. The van der Waals surface area contributed by atoms with E-state index < -0.39 is 0 Å². The zero-order valence-electron chi connectivity index (χ0n) is 7.94. The lowest BCUT2D eigenvalue weighted by Gasteiger charge is -2.28. The van der Waals surface area contributed by atoms with Gasteiger partial charge < -0.3 is 10.4 Å². The number of rotatable bonds is 2. The Labute approximate surface area is 82.6 Å². The summed E-state index contributed by atoms with van der Waals surface area (Å²) >= 11 is 0. The number of nitrogens with zero attached hydrogens (tertiary/aromatic N) is 1. The molecule has 14 heavy (non-hydrogen) atoms. The van der Waals surface area contributed by atoms with Gasteiger partial charge in [-0.05, 0) is 25.7 Å². The zero-order chi connectivity index (χ0) is 9.97. The monoisotopic (exact) mass is 197 g/mol. The van der Waals surface area contributed by atoms with E-state index in [4.69, 9.17) is 0 Å². The van der Waals surface area contributed by atoms with E-state index in [-0.39, 0.29) is 24.3 Å². The number of hydrogen-bond acceptors (Lipinski definition) is 4. The van der Waals surface area contributed by atoms with Crippen molar-refractivity contribution >= 4 is 12.1 Å². The maximum Gasteiger partial charge on any atom is 0.264 e. The van der Waals surface area contributed by atoms with Crippen LogP contribution in [0.5, 0.6) is 0 Å². The van der Waals surface area contributed by atoms with Crippen LogP contribution < -0.4 is 10.6 Å². The van der Waals surface area contributed by atoms with E-state index in [9.17, 15) is 9.90 Å². The van der Waals surface area contributed by atoms with Gasteiger partial charge in [-0.3, -0.25) is 10.1 Å². The largest absolute Gasteiger partial charge is 0.393 e. The summed E-state index contributed by atoms with van der Waals surface area (Å²) in [6.45, 7) is 0. The third kappa shape index (κ3) is 2.30. The van der Waals surface area contributed by atoms with Crippen molar-refractivity contribution in [1.29, 1.82) is 0 Å². The van der Waals surface area contributed by atoms with Crippen LogP contribution in [0, 0.1) is 0 Å². The molecule has 0 saturated heterocycles. The molecular weight excluding hydrogens is 182 g/mol. The van der Waals surface area contributed by atoms with Crippen molar-refractivity contribution in [3.05, 3.63) is 0 Å². The van der Waals surface area contributed by atoms with Crippen LogP contribution in [0.4, 0.5) is 0 Å². The molecule has 1 amide bonds. The standard InChI is InChI=1S/C9H15N3O2/c13-7-3-1-2-6(4-7)11-9-10-5-8(14)12-9/h5-7,9,11,13H,1-4H2,(H,12,14)/t6-,7+,9?/m0/s1. The van der Waals surface area contributed by atoms with E-state index in [2.05, 4.69) is 15.6 Å². The van der Waals surface area contributed by atoms with Gasteiger partial charge in [-0.1, -0.05) is 0 Å². The van der Waals surface area contributed by atoms with Gasteiger partial charge >= 0.3 is 0 Å². The van der Waals surface area contributed by atoms with Crippen molar-refractivity contribution in [1.82, 2.24) is 10.6 Å². The van der Waals surface area contributed by atoms with Crippen LogP contribution in [0.1, 0.15) is 25.7 Å². The second-order valence-electron chi connectivity index (χ2n) is 3.87. The number of aliphatic imine (C=N–C) groups is 1. The molecule has 5 heteroatoms. The molecule has 3 atom stereocenters. The number of carbonyl (C=O) groups is 1. The third-order valence-electron chi connectivity index (χ3n) is 2.66. The van der Waals surface area contributed by atoms with Crippen LogP contribution >= 0.6 is 0 Å². The van der Waals surface area contributed by atoms with Gasteiger partial charge in [-0.2, -0.15) is 0 Å². The highest BCUT2D eigenvalue weighted by atomic mass is 16.3. The summed E-state index contributed by atoms with van der Waals surface area (Å²) in [4.78, 5) is 14.8. The predicted octanol–water partition coefficient (Wildman–Crippen LogP) is -0.636. The average molecular weight is 197 g/mol. The summed E-state index contributed by atoms with van der Waals surface area (Å²) in [7, 11) is 0. The summed E-state index contributed by atoms with van der Waals surface area (Å²) in [6, 6.07) is 0.263. The van der Waals surface area contributed by atoms with Crippen LogP contribution in [0.15, 0.2) is 4.99 Å². The molecule has 5 nitrogen and oxygen atoms in total. The Kier molecular flexibility index (Phi) is 2.79. The molecule has 1 saturated carbocycles. The van der Waals surface area contributed by atoms with Crippen molar-refractivity contribution < 1.29 is 9.90 Å². The SMILES string of the molecule is O=C1C=NC(N[C@H]2CCC[C@@H](O)C2)N1. The van der Waals surface area contributed by atoms with Gasteiger partial charge in [0.1, 0.15) is 0 Å². The fourth-order valence-electron chi connectivity index (χ4n) is 1.97. The highest BCUT2D eigenvalue weighted by Crippen LogP contribution is 2.18. The first kappa shape index (κ1) is 9.61. The van der Waals surface area contributed by atoms with Gasteiger partial charge in [-0.25, -0.2) is 4.99 Å². The fraction of sp³-hybridized carbons (Fsp3) is 0.778. The Hall–Kier alpha value is -0.940. The van der Waals surface area contributed by atoms with Gasteiger partial charge in [-0.15, -0.1) is 0 Å². The predicted molar refractivity (Wildman–Crippen MR) is 51.8 cm³/mol. The van der Waals surface area contributed by atoms with E-state index in [0.717, 1.165) is 25.7 Å². The molecular formula is C9H15N3O2. The minimum absolute atomic E-state index is 0.154. The molecule has 1 heterocycles. The number of hydrogen-bond donors (Lipinski definition) is 3. The van der Waals surface area contributed by atoms with Gasteiger partial charge in [0.15, 0.2) is 6.29 Å². The van der Waals surface area contributed by atoms with Gasteiger partial charge in [0, 0.05) is 6.04 Å². The lowest BCUT2D eigenvalue weighted by molar-refractivity contribution is -0.114. The van der Waals surface area contributed by atoms with Gasteiger partial charge in [0.25, 0.3) is 5.91 Å². The van der Waals surface area contributed by atoms with Crippen molar-refractivity contribution in [3.63, 3.8) is 0 Å². The maximum absolute atomic E-state index is 10.8. The molecule has 78 valence electrons. The number of nitrogens with one attached hydrogen (secondary N) is 2. The molecule has 0 aromatic heterocycles. The quantitative estimate of drug-likeness (QED) is 0.551. The summed E-state index contributed by atoms with van der Waals surface area (Å²) in [5, 5.41) is 15.3.